The summed E-state index contributed by atoms with van der Waals surface area (Å²) in [4.78, 5) is 35.4. The van der Waals surface area contributed by atoms with Gasteiger partial charge in [-0.1, -0.05) is 26.8 Å². The minimum absolute atomic E-state index is 0.00153. The molecule has 2 unspecified atom stereocenters. The van der Waals surface area contributed by atoms with Crippen LogP contribution in [-0.4, -0.2) is 22.6 Å². The lowest BCUT2D eigenvalue weighted by atomic mass is 9.61. The number of Topliss-reactive ketones (excluding diaryl/α,β-unsaturated/α-hetero) is 2. The number of aliphatic carboxylic acids is 1. The van der Waals surface area contributed by atoms with Crippen LogP contribution in [0.4, 0.5) is 0 Å². The number of ketones is 2. The minimum atomic E-state index is -0.929. The molecule has 1 aliphatic carbocycles. The third kappa shape index (κ3) is 3.11. The average Bonchev–Trinajstić information content (AvgIpc) is 2.30. The van der Waals surface area contributed by atoms with Crippen molar-refractivity contribution < 1.29 is 19.5 Å². The maximum atomic E-state index is 12.5. The first-order valence-electron chi connectivity index (χ1n) is 6.66. The van der Waals surface area contributed by atoms with E-state index >= 15 is 0 Å². The van der Waals surface area contributed by atoms with Gasteiger partial charge in [0.1, 0.15) is 5.78 Å². The first-order valence-corrected chi connectivity index (χ1v) is 6.66. The number of carbonyl (C=O) groups excluding carboxylic acids is 2. The van der Waals surface area contributed by atoms with Crippen molar-refractivity contribution in [3.8, 4) is 0 Å². The predicted molar refractivity (Wildman–Crippen MR) is 71.7 cm³/mol. The zero-order chi connectivity index (χ0) is 14.8. The lowest BCUT2D eigenvalue weighted by Crippen LogP contribution is -2.44. The summed E-state index contributed by atoms with van der Waals surface area (Å²) in [6.07, 6.45) is 2.31. The Bertz CT molecular complexity index is 433. The molecule has 0 saturated heterocycles. The third-order valence-electron chi connectivity index (χ3n) is 4.13. The Labute approximate surface area is 113 Å². The molecule has 0 heterocycles. The van der Waals surface area contributed by atoms with Gasteiger partial charge in [-0.2, -0.15) is 0 Å². The molecular weight excluding hydrogens is 244 g/mol. The molecule has 1 rings (SSSR count). The fourth-order valence-corrected chi connectivity index (χ4v) is 2.79. The van der Waals surface area contributed by atoms with Gasteiger partial charge in [-0.3, -0.25) is 14.4 Å². The Balaban J connectivity index is 3.16. The zero-order valence-electron chi connectivity index (χ0n) is 12.0. The van der Waals surface area contributed by atoms with Crippen LogP contribution in [0.1, 0.15) is 47.0 Å². The van der Waals surface area contributed by atoms with Crippen LogP contribution in [0, 0.1) is 17.3 Å². The average molecular weight is 266 g/mol. The molecule has 4 heteroatoms. The topological polar surface area (TPSA) is 71.4 Å². The molecule has 1 aliphatic rings. The minimum Gasteiger partial charge on any atom is -0.481 e. The van der Waals surface area contributed by atoms with Gasteiger partial charge in [-0.25, -0.2) is 0 Å². The van der Waals surface area contributed by atoms with E-state index in [1.165, 1.54) is 0 Å². The lowest BCUT2D eigenvalue weighted by Gasteiger charge is -2.39. The molecule has 0 spiro atoms. The van der Waals surface area contributed by atoms with Crippen LogP contribution < -0.4 is 0 Å². The van der Waals surface area contributed by atoms with Crippen molar-refractivity contribution in [2.45, 2.75) is 47.0 Å². The molecule has 2 atom stereocenters. The third-order valence-corrected chi connectivity index (χ3v) is 4.13. The van der Waals surface area contributed by atoms with Crippen molar-refractivity contribution in [2.75, 3.05) is 0 Å². The predicted octanol–water partition coefficient (Wildman–Crippen LogP) is 2.62. The molecule has 0 bridgehead atoms. The highest BCUT2D eigenvalue weighted by Crippen LogP contribution is 2.44. The van der Waals surface area contributed by atoms with Crippen molar-refractivity contribution >= 4 is 17.5 Å². The molecule has 0 fully saturated rings. The molecule has 0 aromatic rings. The van der Waals surface area contributed by atoms with Crippen molar-refractivity contribution in [1.82, 2.24) is 0 Å². The standard InChI is InChI=1S/C15H22O4/c1-9(2)14(19)15(11(4)7-13(17)18)6-5-10(3)12(16)8-15/h5,9,11H,6-8H2,1-4H3,(H,17,18). The van der Waals surface area contributed by atoms with E-state index < -0.39 is 11.4 Å². The normalized spacial score (nSPS) is 25.1. The van der Waals surface area contributed by atoms with Crippen molar-refractivity contribution in [1.29, 1.82) is 0 Å². The molecule has 0 aromatic heterocycles. The summed E-state index contributed by atoms with van der Waals surface area (Å²) in [5, 5.41) is 8.96. The fourth-order valence-electron chi connectivity index (χ4n) is 2.79. The van der Waals surface area contributed by atoms with E-state index in [4.69, 9.17) is 5.11 Å². The Morgan fingerprint density at radius 1 is 1.37 bits per heavy atom. The second-order valence-corrected chi connectivity index (χ2v) is 5.87. The monoisotopic (exact) mass is 266 g/mol. The maximum absolute atomic E-state index is 12.5. The van der Waals surface area contributed by atoms with Crippen LogP contribution in [0.15, 0.2) is 11.6 Å². The molecule has 4 nitrogen and oxygen atoms in total. The van der Waals surface area contributed by atoms with Crippen LogP contribution in [-0.2, 0) is 14.4 Å². The fraction of sp³-hybridized carbons (Fsp3) is 0.667. The molecule has 0 radical (unpaired) electrons. The number of carbonyl (C=O) groups is 3. The van der Waals surface area contributed by atoms with E-state index in [-0.39, 0.29) is 36.2 Å². The molecule has 0 aliphatic heterocycles. The summed E-state index contributed by atoms with van der Waals surface area (Å²) in [6.45, 7) is 7.10. The Hall–Kier alpha value is -1.45. The maximum Gasteiger partial charge on any atom is 0.303 e. The van der Waals surface area contributed by atoms with Crippen molar-refractivity contribution in [3.05, 3.63) is 11.6 Å². The summed E-state index contributed by atoms with van der Waals surface area (Å²) >= 11 is 0. The first kappa shape index (κ1) is 15.6. The molecule has 106 valence electrons. The van der Waals surface area contributed by atoms with E-state index in [1.54, 1.807) is 33.8 Å². The lowest BCUT2D eigenvalue weighted by molar-refractivity contribution is -0.144. The molecule has 19 heavy (non-hydrogen) atoms. The zero-order valence-corrected chi connectivity index (χ0v) is 12.0. The van der Waals surface area contributed by atoms with Crippen LogP contribution >= 0.6 is 0 Å². The Kier molecular flexibility index (Phi) is 4.66. The van der Waals surface area contributed by atoms with Gasteiger partial charge in [-0.15, -0.1) is 0 Å². The number of carboxylic acids is 1. The van der Waals surface area contributed by atoms with Gasteiger partial charge in [0, 0.05) is 24.2 Å². The van der Waals surface area contributed by atoms with Crippen LogP contribution in [0.5, 0.6) is 0 Å². The Morgan fingerprint density at radius 2 is 1.95 bits per heavy atom. The largest absolute Gasteiger partial charge is 0.481 e. The second-order valence-electron chi connectivity index (χ2n) is 5.87. The summed E-state index contributed by atoms with van der Waals surface area (Å²) in [6, 6.07) is 0. The summed E-state index contributed by atoms with van der Waals surface area (Å²) in [5.41, 5.74) is -0.168. The highest BCUT2D eigenvalue weighted by atomic mass is 16.4. The van der Waals surface area contributed by atoms with E-state index in [0.717, 1.165) is 0 Å². The van der Waals surface area contributed by atoms with Gasteiger partial charge in [0.25, 0.3) is 0 Å². The smallest absolute Gasteiger partial charge is 0.303 e. The highest BCUT2D eigenvalue weighted by molar-refractivity contribution is 6.01. The van der Waals surface area contributed by atoms with Gasteiger partial charge in [0.2, 0.25) is 0 Å². The van der Waals surface area contributed by atoms with Gasteiger partial charge in [0.15, 0.2) is 5.78 Å². The van der Waals surface area contributed by atoms with Gasteiger partial charge in [-0.05, 0) is 24.8 Å². The van der Waals surface area contributed by atoms with E-state index in [1.807, 2.05) is 0 Å². The summed E-state index contributed by atoms with van der Waals surface area (Å²) in [5.74, 6) is -1.51. The number of hydrogen-bond acceptors (Lipinski definition) is 3. The molecule has 0 aromatic carbocycles. The molecule has 1 N–H and O–H groups in total. The van der Waals surface area contributed by atoms with E-state index in [9.17, 15) is 14.4 Å². The Morgan fingerprint density at radius 3 is 2.37 bits per heavy atom. The van der Waals surface area contributed by atoms with Crippen LogP contribution in [0.3, 0.4) is 0 Å². The van der Waals surface area contributed by atoms with Crippen molar-refractivity contribution in [3.63, 3.8) is 0 Å². The number of carboxylic acid groups (broad SMARTS) is 1. The van der Waals surface area contributed by atoms with Gasteiger partial charge >= 0.3 is 5.97 Å². The molecule has 0 amide bonds. The van der Waals surface area contributed by atoms with Crippen LogP contribution in [0.25, 0.3) is 0 Å². The van der Waals surface area contributed by atoms with Crippen LogP contribution in [0.2, 0.25) is 0 Å². The van der Waals surface area contributed by atoms with Crippen molar-refractivity contribution in [2.24, 2.45) is 17.3 Å². The molecule has 0 saturated carbocycles. The van der Waals surface area contributed by atoms with E-state index in [2.05, 4.69) is 0 Å². The SMILES string of the molecule is CC1=CCC(C(=O)C(C)C)(C(C)CC(=O)O)CC1=O. The highest BCUT2D eigenvalue weighted by Gasteiger charge is 2.47. The first-order chi connectivity index (χ1) is 8.70. The number of hydrogen-bond donors (Lipinski definition) is 1. The van der Waals surface area contributed by atoms with Gasteiger partial charge < -0.3 is 5.11 Å². The summed E-state index contributed by atoms with van der Waals surface area (Å²) in [7, 11) is 0. The number of rotatable bonds is 5. The van der Waals surface area contributed by atoms with E-state index in [0.29, 0.717) is 12.0 Å². The number of allylic oxidation sites excluding steroid dienone is 2. The quantitative estimate of drug-likeness (QED) is 0.830. The van der Waals surface area contributed by atoms with Gasteiger partial charge in [0.05, 0.1) is 0 Å². The second kappa shape index (κ2) is 5.68. The molecular formula is C15H22O4. The summed E-state index contributed by atoms with van der Waals surface area (Å²) < 4.78 is 0.